The number of rotatable bonds is 7. The third-order valence-corrected chi connectivity index (χ3v) is 7.11. The largest absolute Gasteiger partial charge is 0.421 e. The first-order chi connectivity index (χ1) is 15.7. The van der Waals surface area contributed by atoms with Crippen molar-refractivity contribution in [2.24, 2.45) is 0 Å². The van der Waals surface area contributed by atoms with Gasteiger partial charge in [-0.15, -0.1) is 0 Å². The fourth-order valence-electron chi connectivity index (χ4n) is 3.93. The maximum absolute atomic E-state index is 13.7. The van der Waals surface area contributed by atoms with Gasteiger partial charge in [0.25, 0.3) is 0 Å². The van der Waals surface area contributed by atoms with Crippen LogP contribution in [-0.4, -0.2) is 48.2 Å². The van der Waals surface area contributed by atoms with Crippen molar-refractivity contribution >= 4 is 27.5 Å². The van der Waals surface area contributed by atoms with Gasteiger partial charge in [-0.1, -0.05) is 6.92 Å². The summed E-state index contributed by atoms with van der Waals surface area (Å²) in [6.45, 7) is 7.20. The highest BCUT2D eigenvalue weighted by Gasteiger charge is 2.39. The van der Waals surface area contributed by atoms with Gasteiger partial charge >= 0.3 is 6.18 Å². The second kappa shape index (κ2) is 9.67. The van der Waals surface area contributed by atoms with Crippen LogP contribution in [0.25, 0.3) is 0 Å². The molecule has 3 rings (SSSR count). The molecule has 1 atom stereocenters. The number of β-amino-alcohol motifs (C(OH)–C–C–N with tert-alkyl or cyclic N) is 1. The molecule has 3 N–H and O–H groups in total. The molecule has 0 aliphatic carbocycles. The Morgan fingerprint density at radius 1 is 1.29 bits per heavy atom. The molecular weight excluding hydrogens is 471 g/mol. The van der Waals surface area contributed by atoms with Crippen molar-refractivity contribution < 1.29 is 26.7 Å². The second-order valence-corrected chi connectivity index (χ2v) is 10.7. The Morgan fingerprint density at radius 3 is 2.59 bits per heavy atom. The van der Waals surface area contributed by atoms with Crippen molar-refractivity contribution in [1.82, 2.24) is 14.7 Å². The lowest BCUT2D eigenvalue weighted by Gasteiger charge is -2.38. The van der Waals surface area contributed by atoms with Crippen molar-refractivity contribution in [3.8, 4) is 0 Å². The van der Waals surface area contributed by atoms with Gasteiger partial charge < -0.3 is 15.3 Å². The smallest absolute Gasteiger partial charge is 0.388 e. The van der Waals surface area contributed by atoms with Gasteiger partial charge in [-0.2, -0.15) is 18.2 Å². The summed E-state index contributed by atoms with van der Waals surface area (Å²) in [5.74, 6) is -0.359. The molecule has 0 spiro atoms. The number of benzene rings is 1. The molecule has 1 aliphatic heterocycles. The standard InChI is InChI=1S/C22H30F3N5O3S/c1-5-15-11-16(34(32,33)29-14(2)3)7-8-18(15)27-20-26-12-17(22(23,24)25)19(28-20)30-10-6-9-21(4,31)13-30/h7-8,11-12,14,29,31H,5-6,9-10,13H2,1-4H3,(H,26,27,28)/t21-/m0/s1. The number of hydrogen-bond acceptors (Lipinski definition) is 7. The molecule has 188 valence electrons. The number of sulfonamides is 1. The van der Waals surface area contributed by atoms with Gasteiger partial charge in [0.05, 0.1) is 10.5 Å². The lowest BCUT2D eigenvalue weighted by atomic mass is 9.95. The van der Waals surface area contributed by atoms with Crippen LogP contribution >= 0.6 is 0 Å². The number of nitrogens with one attached hydrogen (secondary N) is 2. The van der Waals surface area contributed by atoms with Crippen LogP contribution in [0.3, 0.4) is 0 Å². The van der Waals surface area contributed by atoms with E-state index in [0.717, 1.165) is 6.20 Å². The number of halogens is 3. The minimum absolute atomic E-state index is 0.0160. The summed E-state index contributed by atoms with van der Waals surface area (Å²) in [6, 6.07) is 4.20. The lowest BCUT2D eigenvalue weighted by molar-refractivity contribution is -0.137. The topological polar surface area (TPSA) is 107 Å². The van der Waals surface area contributed by atoms with Gasteiger partial charge in [-0.05, 0) is 63.8 Å². The molecule has 2 aromatic rings. The molecule has 1 saturated heterocycles. The summed E-state index contributed by atoms with van der Waals surface area (Å²) in [5.41, 5.74) is -0.979. The van der Waals surface area contributed by atoms with Crippen molar-refractivity contribution in [1.29, 1.82) is 0 Å². The van der Waals surface area contributed by atoms with Gasteiger partial charge in [-0.3, -0.25) is 0 Å². The van der Waals surface area contributed by atoms with E-state index >= 15 is 0 Å². The van der Waals surface area contributed by atoms with Crippen LogP contribution in [0.5, 0.6) is 0 Å². The van der Waals surface area contributed by atoms with E-state index in [1.807, 2.05) is 6.92 Å². The maximum Gasteiger partial charge on any atom is 0.421 e. The number of alkyl halides is 3. The zero-order valence-electron chi connectivity index (χ0n) is 19.6. The second-order valence-electron chi connectivity index (χ2n) is 9.02. The van der Waals surface area contributed by atoms with E-state index in [4.69, 9.17) is 0 Å². The SMILES string of the molecule is CCc1cc(S(=O)(=O)NC(C)C)ccc1Nc1ncc(C(F)(F)F)c(N2CCC[C@](C)(O)C2)n1. The van der Waals surface area contributed by atoms with Crippen LogP contribution in [0.1, 0.15) is 51.7 Å². The molecule has 12 heteroatoms. The van der Waals surface area contributed by atoms with Crippen molar-refractivity contribution in [3.05, 3.63) is 35.5 Å². The predicted octanol–water partition coefficient (Wildman–Crippen LogP) is 3.84. The average Bonchev–Trinajstić information content (AvgIpc) is 2.71. The Bertz CT molecular complexity index is 1140. The molecule has 2 heterocycles. The zero-order chi connectivity index (χ0) is 25.3. The zero-order valence-corrected chi connectivity index (χ0v) is 20.4. The highest BCUT2D eigenvalue weighted by atomic mass is 32.2. The first-order valence-electron chi connectivity index (χ1n) is 11.1. The number of aromatic nitrogens is 2. The van der Waals surface area contributed by atoms with E-state index < -0.39 is 27.4 Å². The average molecular weight is 502 g/mol. The Kier molecular flexibility index (Phi) is 7.44. The highest BCUT2D eigenvalue weighted by molar-refractivity contribution is 7.89. The van der Waals surface area contributed by atoms with E-state index in [9.17, 15) is 26.7 Å². The Hall–Kier alpha value is -2.44. The van der Waals surface area contributed by atoms with Crippen LogP contribution in [0.2, 0.25) is 0 Å². The van der Waals surface area contributed by atoms with Crippen molar-refractivity contribution in [3.63, 3.8) is 0 Å². The summed E-state index contributed by atoms with van der Waals surface area (Å²) in [6.07, 6.45) is -2.45. The quantitative estimate of drug-likeness (QED) is 0.529. The summed E-state index contributed by atoms with van der Waals surface area (Å²) >= 11 is 0. The van der Waals surface area contributed by atoms with E-state index in [2.05, 4.69) is 20.0 Å². The molecule has 1 fully saturated rings. The molecule has 0 radical (unpaired) electrons. The molecular formula is C22H30F3N5O3S. The molecule has 8 nitrogen and oxygen atoms in total. The molecule has 34 heavy (non-hydrogen) atoms. The van der Waals surface area contributed by atoms with Crippen LogP contribution < -0.4 is 14.9 Å². The third-order valence-electron chi connectivity index (χ3n) is 5.45. The number of nitrogens with zero attached hydrogens (tertiary/aromatic N) is 3. The number of aliphatic hydroxyl groups is 1. The van der Waals surface area contributed by atoms with Gasteiger partial charge in [0.2, 0.25) is 16.0 Å². The Labute approximate surface area is 197 Å². The van der Waals surface area contributed by atoms with Gasteiger partial charge in [0.15, 0.2) is 0 Å². The first kappa shape index (κ1) is 26.2. The maximum atomic E-state index is 13.7. The summed E-state index contributed by atoms with van der Waals surface area (Å²) in [5, 5.41) is 13.3. The van der Waals surface area contributed by atoms with Crippen LogP contribution in [-0.2, 0) is 22.6 Å². The number of piperidine rings is 1. The van der Waals surface area contributed by atoms with Gasteiger partial charge in [0.1, 0.15) is 11.4 Å². The molecule has 0 amide bonds. The monoisotopic (exact) mass is 501 g/mol. The molecule has 0 saturated carbocycles. The van der Waals surface area contributed by atoms with Gasteiger partial charge in [-0.25, -0.2) is 18.1 Å². The Balaban J connectivity index is 1.97. The normalized spacial score (nSPS) is 19.5. The number of anilines is 3. The van der Waals surface area contributed by atoms with Crippen LogP contribution in [0.4, 0.5) is 30.6 Å². The fraction of sp³-hybridized carbons (Fsp3) is 0.545. The van der Waals surface area contributed by atoms with Crippen LogP contribution in [0, 0.1) is 0 Å². The molecule has 1 aliphatic rings. The summed E-state index contributed by atoms with van der Waals surface area (Å²) in [7, 11) is -3.70. The third kappa shape index (κ3) is 6.16. The Morgan fingerprint density at radius 2 is 2.00 bits per heavy atom. The molecule has 1 aromatic carbocycles. The van der Waals surface area contributed by atoms with Crippen molar-refractivity contribution in [2.45, 2.75) is 69.7 Å². The summed E-state index contributed by atoms with van der Waals surface area (Å²) in [4.78, 5) is 9.52. The first-order valence-corrected chi connectivity index (χ1v) is 12.5. The van der Waals surface area contributed by atoms with Crippen LogP contribution in [0.15, 0.2) is 29.3 Å². The minimum atomic E-state index is -4.66. The van der Waals surface area contributed by atoms with Crippen molar-refractivity contribution in [2.75, 3.05) is 23.3 Å². The number of hydrogen-bond donors (Lipinski definition) is 3. The summed E-state index contributed by atoms with van der Waals surface area (Å²) < 4.78 is 68.5. The molecule has 0 unspecified atom stereocenters. The van der Waals surface area contributed by atoms with E-state index in [-0.39, 0.29) is 29.2 Å². The highest BCUT2D eigenvalue weighted by Crippen LogP contribution is 2.38. The van der Waals surface area contributed by atoms with Gasteiger partial charge in [0, 0.05) is 31.0 Å². The predicted molar refractivity (Wildman–Crippen MR) is 124 cm³/mol. The minimum Gasteiger partial charge on any atom is -0.388 e. The molecule has 0 bridgehead atoms. The van der Waals surface area contributed by atoms with E-state index in [1.165, 1.54) is 17.0 Å². The lowest BCUT2D eigenvalue weighted by Crippen LogP contribution is -2.47. The fourth-order valence-corrected chi connectivity index (χ4v) is 5.23. The van der Waals surface area contributed by atoms with E-state index in [0.29, 0.717) is 37.1 Å². The van der Waals surface area contributed by atoms with E-state index in [1.54, 1.807) is 26.8 Å². The molecule has 1 aromatic heterocycles. The number of aryl methyl sites for hydroxylation is 1.